The molecule has 0 bridgehead atoms. The third kappa shape index (κ3) is 3.33. The van der Waals surface area contributed by atoms with Crippen molar-refractivity contribution >= 4 is 28.6 Å². The highest BCUT2D eigenvalue weighted by Crippen LogP contribution is 2.22. The first kappa shape index (κ1) is 14.5. The number of piperidine rings is 1. The minimum atomic E-state index is -2.47. The number of hydrogen-bond acceptors (Lipinski definition) is 4. The van der Waals surface area contributed by atoms with Gasteiger partial charge in [-0.05, 0) is 42.1 Å². The van der Waals surface area contributed by atoms with Gasteiger partial charge in [-0.2, -0.15) is 0 Å². The van der Waals surface area contributed by atoms with Crippen molar-refractivity contribution in [3.05, 3.63) is 28.8 Å². The zero-order chi connectivity index (χ0) is 14.0. The van der Waals surface area contributed by atoms with Crippen LogP contribution in [0.15, 0.2) is 23.1 Å². The van der Waals surface area contributed by atoms with Crippen LogP contribution in [0, 0.1) is 0 Å². The maximum Gasteiger partial charge on any atom is 0.253 e. The number of likely N-dealkylation sites (tertiary alicyclic amines) is 1. The molecule has 0 spiro atoms. The van der Waals surface area contributed by atoms with Crippen LogP contribution in [0.1, 0.15) is 23.2 Å². The normalized spacial score (nSPS) is 18.4. The first-order valence-corrected chi connectivity index (χ1v) is 7.30. The molecule has 1 heterocycles. The van der Waals surface area contributed by atoms with Crippen molar-refractivity contribution in [3.8, 4) is 0 Å². The highest BCUT2D eigenvalue weighted by molar-refractivity contribution is 7.79. The molecule has 1 aromatic carbocycles. The molecule has 1 amide bonds. The minimum absolute atomic E-state index is 0.0791. The lowest BCUT2D eigenvalue weighted by Crippen LogP contribution is -2.40. The molecule has 0 radical (unpaired) electrons. The number of carbonyl (C=O) groups is 1. The van der Waals surface area contributed by atoms with E-state index < -0.39 is 11.1 Å². The van der Waals surface area contributed by atoms with Crippen LogP contribution in [-0.2, 0) is 11.1 Å². The highest BCUT2D eigenvalue weighted by atomic mass is 35.5. The second-order valence-electron chi connectivity index (χ2n) is 4.40. The van der Waals surface area contributed by atoms with Gasteiger partial charge < -0.3 is 14.6 Å². The van der Waals surface area contributed by atoms with Gasteiger partial charge in [-0.1, -0.05) is 11.6 Å². The molecule has 1 aliphatic heterocycles. The smallest absolute Gasteiger partial charge is 0.253 e. The Morgan fingerprint density at radius 2 is 2.05 bits per heavy atom. The topological polar surface area (TPSA) is 80.7 Å². The molecule has 5 nitrogen and oxygen atoms in total. The van der Waals surface area contributed by atoms with Crippen LogP contribution >= 0.6 is 11.6 Å². The van der Waals surface area contributed by atoms with Crippen LogP contribution in [0.2, 0.25) is 5.02 Å². The Morgan fingerprint density at radius 1 is 1.42 bits per heavy atom. The van der Waals surface area contributed by atoms with E-state index in [1.54, 1.807) is 4.90 Å². The predicted octanol–water partition coefficient (Wildman–Crippen LogP) is 1.17. The summed E-state index contributed by atoms with van der Waals surface area (Å²) >= 11 is 3.28. The van der Waals surface area contributed by atoms with E-state index >= 15 is 0 Å². The fraction of sp³-hybridized carbons (Fsp3) is 0.417. The van der Waals surface area contributed by atoms with Gasteiger partial charge in [0.1, 0.15) is 0 Å². The van der Waals surface area contributed by atoms with Gasteiger partial charge in [0.2, 0.25) is 0 Å². The fourth-order valence-corrected chi connectivity index (χ4v) is 2.77. The van der Waals surface area contributed by atoms with E-state index in [9.17, 15) is 18.7 Å². The zero-order valence-corrected chi connectivity index (χ0v) is 11.6. The quantitative estimate of drug-likeness (QED) is 0.832. The Labute approximate surface area is 118 Å². The van der Waals surface area contributed by atoms with Gasteiger partial charge in [0.05, 0.1) is 11.1 Å². The summed E-state index contributed by atoms with van der Waals surface area (Å²) in [6.45, 7) is 0.941. The lowest BCUT2D eigenvalue weighted by molar-refractivity contribution is 0.0546. The van der Waals surface area contributed by atoms with E-state index in [1.807, 2.05) is 0 Å². The van der Waals surface area contributed by atoms with Crippen LogP contribution in [0.4, 0.5) is 0 Å². The van der Waals surface area contributed by atoms with Crippen molar-refractivity contribution < 1.29 is 18.7 Å². The predicted molar refractivity (Wildman–Crippen MR) is 69.8 cm³/mol. The van der Waals surface area contributed by atoms with E-state index in [2.05, 4.69) is 0 Å². The Morgan fingerprint density at radius 3 is 2.63 bits per heavy atom. The van der Waals surface area contributed by atoms with Crippen molar-refractivity contribution in [2.75, 3.05) is 13.1 Å². The van der Waals surface area contributed by atoms with Crippen LogP contribution in [0.5, 0.6) is 0 Å². The lowest BCUT2D eigenvalue weighted by atomic mass is 10.1. The molecule has 19 heavy (non-hydrogen) atoms. The molecule has 0 aliphatic carbocycles. The number of halogens is 1. The lowest BCUT2D eigenvalue weighted by Gasteiger charge is -2.29. The van der Waals surface area contributed by atoms with Crippen molar-refractivity contribution in [1.82, 2.24) is 4.90 Å². The molecule has 1 N–H and O–H groups in total. The number of amides is 1. The molecular formula is C12H13ClNO4S-. The van der Waals surface area contributed by atoms with Gasteiger partial charge in [-0.25, -0.2) is 0 Å². The van der Waals surface area contributed by atoms with Gasteiger partial charge in [-0.3, -0.25) is 9.00 Å². The maximum absolute atomic E-state index is 12.2. The van der Waals surface area contributed by atoms with E-state index in [-0.39, 0.29) is 21.9 Å². The van der Waals surface area contributed by atoms with E-state index in [0.29, 0.717) is 31.5 Å². The standard InChI is InChI=1S/C12H14ClNO4S/c13-10-2-1-8(7-11(10)19(17)18)12(16)14-5-3-9(15)4-6-14/h1-2,7,9,15H,3-6H2,(H,17,18)/p-1. The van der Waals surface area contributed by atoms with E-state index in [4.69, 9.17) is 11.6 Å². The molecule has 2 rings (SSSR count). The molecular weight excluding hydrogens is 290 g/mol. The molecule has 1 aromatic rings. The van der Waals surface area contributed by atoms with Crippen LogP contribution in [0.3, 0.4) is 0 Å². The zero-order valence-electron chi connectivity index (χ0n) is 10.0. The average Bonchev–Trinajstić information content (AvgIpc) is 2.39. The maximum atomic E-state index is 12.2. The molecule has 0 saturated carbocycles. The average molecular weight is 303 g/mol. The second-order valence-corrected chi connectivity index (χ2v) is 5.72. The highest BCUT2D eigenvalue weighted by Gasteiger charge is 2.22. The molecule has 1 saturated heterocycles. The van der Waals surface area contributed by atoms with Crippen LogP contribution in [0.25, 0.3) is 0 Å². The van der Waals surface area contributed by atoms with Crippen molar-refractivity contribution in [2.24, 2.45) is 0 Å². The van der Waals surface area contributed by atoms with Gasteiger partial charge in [0, 0.05) is 23.5 Å². The number of aliphatic hydroxyl groups is 1. The Kier molecular flexibility index (Phi) is 4.57. The van der Waals surface area contributed by atoms with Crippen LogP contribution < -0.4 is 0 Å². The third-order valence-corrected chi connectivity index (χ3v) is 4.25. The Bertz CT molecular complexity index is 514. The summed E-state index contributed by atoms with van der Waals surface area (Å²) < 4.78 is 21.9. The van der Waals surface area contributed by atoms with Crippen molar-refractivity contribution in [3.63, 3.8) is 0 Å². The Hall–Kier alpha value is -0.950. The number of carbonyl (C=O) groups excluding carboxylic acids is 1. The minimum Gasteiger partial charge on any atom is -0.768 e. The molecule has 0 aromatic heterocycles. The first-order valence-electron chi connectivity index (χ1n) is 5.85. The number of hydrogen-bond donors (Lipinski definition) is 1. The largest absolute Gasteiger partial charge is 0.768 e. The fourth-order valence-electron chi connectivity index (χ4n) is 2.02. The monoisotopic (exact) mass is 302 g/mol. The molecule has 1 atom stereocenters. The SMILES string of the molecule is O=C(c1ccc(Cl)c(S(=O)[O-])c1)N1CCC(O)CC1. The Balaban J connectivity index is 2.20. The van der Waals surface area contributed by atoms with Gasteiger partial charge in [0.25, 0.3) is 5.91 Å². The van der Waals surface area contributed by atoms with Gasteiger partial charge in [0.15, 0.2) is 0 Å². The summed E-state index contributed by atoms with van der Waals surface area (Å²) in [6, 6.07) is 4.18. The molecule has 7 heteroatoms. The summed E-state index contributed by atoms with van der Waals surface area (Å²) in [5, 5.41) is 9.49. The second kappa shape index (κ2) is 6.00. The third-order valence-electron chi connectivity index (χ3n) is 3.11. The van der Waals surface area contributed by atoms with Gasteiger partial charge in [-0.15, -0.1) is 0 Å². The molecule has 104 valence electrons. The molecule has 1 unspecified atom stereocenters. The van der Waals surface area contributed by atoms with Gasteiger partial charge >= 0.3 is 0 Å². The number of nitrogens with zero attached hydrogens (tertiary/aromatic N) is 1. The first-order chi connectivity index (χ1) is 8.99. The summed E-state index contributed by atoms with van der Waals surface area (Å²) in [7, 11) is 0. The summed E-state index contributed by atoms with van der Waals surface area (Å²) in [6.07, 6.45) is 0.721. The summed E-state index contributed by atoms with van der Waals surface area (Å²) in [5.74, 6) is -0.240. The van der Waals surface area contributed by atoms with Crippen LogP contribution in [-0.4, -0.2) is 43.9 Å². The van der Waals surface area contributed by atoms with Crippen molar-refractivity contribution in [2.45, 2.75) is 23.8 Å². The van der Waals surface area contributed by atoms with Crippen molar-refractivity contribution in [1.29, 1.82) is 0 Å². The summed E-state index contributed by atoms with van der Waals surface area (Å²) in [4.78, 5) is 13.7. The van der Waals surface area contributed by atoms with E-state index in [0.717, 1.165) is 0 Å². The molecule has 1 fully saturated rings. The number of benzene rings is 1. The number of rotatable bonds is 2. The molecule has 1 aliphatic rings. The number of aliphatic hydroxyl groups excluding tert-OH is 1. The van der Waals surface area contributed by atoms with E-state index in [1.165, 1.54) is 18.2 Å². The summed E-state index contributed by atoms with van der Waals surface area (Å²) in [5.41, 5.74) is 0.292.